The second kappa shape index (κ2) is 7.67. The zero-order valence-corrected chi connectivity index (χ0v) is 14.4. The van der Waals surface area contributed by atoms with Crippen molar-refractivity contribution in [3.05, 3.63) is 35.4 Å². The number of urea groups is 1. The van der Waals surface area contributed by atoms with E-state index in [0.29, 0.717) is 24.2 Å². The third-order valence-electron chi connectivity index (χ3n) is 5.27. The minimum atomic E-state index is 0.0600. The molecular formula is C19H26N4O. The van der Waals surface area contributed by atoms with Crippen LogP contribution in [0.4, 0.5) is 4.79 Å². The van der Waals surface area contributed by atoms with Gasteiger partial charge in [-0.1, -0.05) is 19.1 Å². The van der Waals surface area contributed by atoms with Gasteiger partial charge in [-0.15, -0.1) is 0 Å². The van der Waals surface area contributed by atoms with E-state index in [1.54, 1.807) is 6.07 Å². The number of hydrogen-bond acceptors (Lipinski definition) is 3. The normalized spacial score (nSPS) is 23.6. The average molecular weight is 326 g/mol. The average Bonchev–Trinajstić information content (AvgIpc) is 3.08. The summed E-state index contributed by atoms with van der Waals surface area (Å²) in [6.45, 7) is 5.82. The molecule has 2 aliphatic rings. The SMILES string of the molecule is CC[C@@H]1CN2CCC[C@@H]2CN1C(=O)NCCc1cccc(C#N)c1. The van der Waals surface area contributed by atoms with Gasteiger partial charge in [0.2, 0.25) is 0 Å². The summed E-state index contributed by atoms with van der Waals surface area (Å²) in [6.07, 6.45) is 4.22. The maximum atomic E-state index is 12.6. The number of carbonyl (C=O) groups excluding carboxylic acids is 1. The third kappa shape index (κ3) is 3.70. The predicted octanol–water partition coefficient (Wildman–Crippen LogP) is 2.37. The minimum absolute atomic E-state index is 0.0600. The second-order valence-electron chi connectivity index (χ2n) is 6.80. The van der Waals surface area contributed by atoms with Gasteiger partial charge < -0.3 is 10.2 Å². The van der Waals surface area contributed by atoms with E-state index in [1.807, 2.05) is 23.1 Å². The van der Waals surface area contributed by atoms with Crippen LogP contribution in [0.25, 0.3) is 0 Å². The fourth-order valence-corrected chi connectivity index (χ4v) is 3.90. The van der Waals surface area contributed by atoms with Crippen molar-refractivity contribution < 1.29 is 4.79 Å². The number of fused-ring (bicyclic) bond motifs is 1. The number of piperazine rings is 1. The molecule has 0 spiro atoms. The van der Waals surface area contributed by atoms with E-state index in [0.717, 1.165) is 31.5 Å². The quantitative estimate of drug-likeness (QED) is 0.924. The lowest BCUT2D eigenvalue weighted by Gasteiger charge is -2.43. The number of rotatable bonds is 4. The van der Waals surface area contributed by atoms with E-state index in [2.05, 4.69) is 23.2 Å². The molecule has 1 aromatic carbocycles. The number of nitrogens with zero attached hydrogens (tertiary/aromatic N) is 3. The Morgan fingerprint density at radius 2 is 2.29 bits per heavy atom. The van der Waals surface area contributed by atoms with Gasteiger partial charge in [0.25, 0.3) is 0 Å². The molecule has 128 valence electrons. The van der Waals surface area contributed by atoms with E-state index >= 15 is 0 Å². The highest BCUT2D eigenvalue weighted by Gasteiger charge is 2.37. The molecular weight excluding hydrogens is 300 g/mol. The van der Waals surface area contributed by atoms with Crippen molar-refractivity contribution in [1.82, 2.24) is 15.1 Å². The van der Waals surface area contributed by atoms with Crippen molar-refractivity contribution in [2.75, 3.05) is 26.2 Å². The Balaban J connectivity index is 1.53. The van der Waals surface area contributed by atoms with Crippen molar-refractivity contribution in [3.8, 4) is 6.07 Å². The summed E-state index contributed by atoms with van der Waals surface area (Å²) < 4.78 is 0. The van der Waals surface area contributed by atoms with Crippen LogP contribution in [0.15, 0.2) is 24.3 Å². The van der Waals surface area contributed by atoms with Crippen LogP contribution in [-0.2, 0) is 6.42 Å². The molecule has 2 amide bonds. The number of nitriles is 1. The first-order chi connectivity index (χ1) is 11.7. The number of carbonyl (C=O) groups is 1. The van der Waals surface area contributed by atoms with Crippen LogP contribution in [0.3, 0.4) is 0 Å². The maximum absolute atomic E-state index is 12.6. The molecule has 3 rings (SSSR count). The van der Waals surface area contributed by atoms with Crippen LogP contribution in [0, 0.1) is 11.3 Å². The Kier molecular flexibility index (Phi) is 5.37. The number of benzene rings is 1. The predicted molar refractivity (Wildman–Crippen MR) is 93.6 cm³/mol. The highest BCUT2D eigenvalue weighted by molar-refractivity contribution is 5.74. The molecule has 2 heterocycles. The zero-order valence-electron chi connectivity index (χ0n) is 14.4. The Morgan fingerprint density at radius 3 is 3.08 bits per heavy atom. The van der Waals surface area contributed by atoms with Gasteiger partial charge in [0.1, 0.15) is 0 Å². The Hall–Kier alpha value is -2.06. The summed E-state index contributed by atoms with van der Waals surface area (Å²) in [4.78, 5) is 17.2. The highest BCUT2D eigenvalue weighted by atomic mass is 16.2. The highest BCUT2D eigenvalue weighted by Crippen LogP contribution is 2.25. The van der Waals surface area contributed by atoms with E-state index < -0.39 is 0 Å². The molecule has 2 aliphatic heterocycles. The van der Waals surface area contributed by atoms with Crippen molar-refractivity contribution >= 4 is 6.03 Å². The molecule has 0 unspecified atom stereocenters. The number of amides is 2. The fourth-order valence-electron chi connectivity index (χ4n) is 3.90. The maximum Gasteiger partial charge on any atom is 0.317 e. The lowest BCUT2D eigenvalue weighted by Crippen LogP contribution is -2.59. The Bertz CT molecular complexity index is 624. The van der Waals surface area contributed by atoms with E-state index in [-0.39, 0.29) is 6.03 Å². The first-order valence-corrected chi connectivity index (χ1v) is 8.98. The standard InChI is InChI=1S/C19H26N4O/c1-2-17-13-22-10-4-7-18(22)14-23(17)19(24)21-9-8-15-5-3-6-16(11-15)12-20/h3,5-6,11,17-18H,2,4,7-10,13-14H2,1H3,(H,21,24)/t17-,18-/m1/s1. The zero-order chi connectivity index (χ0) is 16.9. The van der Waals surface area contributed by atoms with Crippen LogP contribution >= 0.6 is 0 Å². The molecule has 0 radical (unpaired) electrons. The van der Waals surface area contributed by atoms with Gasteiger partial charge in [-0.25, -0.2) is 4.79 Å². The monoisotopic (exact) mass is 326 g/mol. The Morgan fingerprint density at radius 1 is 1.42 bits per heavy atom. The summed E-state index contributed by atoms with van der Waals surface area (Å²) in [5, 5.41) is 12.0. The van der Waals surface area contributed by atoms with E-state index in [1.165, 1.54) is 19.4 Å². The first-order valence-electron chi connectivity index (χ1n) is 8.98. The fraction of sp³-hybridized carbons (Fsp3) is 0.579. The Labute approximate surface area is 144 Å². The van der Waals surface area contributed by atoms with E-state index in [4.69, 9.17) is 5.26 Å². The molecule has 5 heteroatoms. The summed E-state index contributed by atoms with van der Waals surface area (Å²) in [5.74, 6) is 0. The largest absolute Gasteiger partial charge is 0.338 e. The van der Waals surface area contributed by atoms with Crippen LogP contribution in [0.2, 0.25) is 0 Å². The van der Waals surface area contributed by atoms with Gasteiger partial charge in [-0.3, -0.25) is 4.90 Å². The van der Waals surface area contributed by atoms with Crippen LogP contribution in [-0.4, -0.2) is 54.1 Å². The van der Waals surface area contributed by atoms with E-state index in [9.17, 15) is 4.79 Å². The summed E-state index contributed by atoms with van der Waals surface area (Å²) in [7, 11) is 0. The van der Waals surface area contributed by atoms with Crippen LogP contribution in [0.1, 0.15) is 37.3 Å². The molecule has 0 aliphatic carbocycles. The molecule has 2 saturated heterocycles. The lowest BCUT2D eigenvalue weighted by atomic mass is 10.1. The third-order valence-corrected chi connectivity index (χ3v) is 5.27. The molecule has 0 bridgehead atoms. The van der Waals surface area contributed by atoms with Gasteiger partial charge in [-0.2, -0.15) is 5.26 Å². The smallest absolute Gasteiger partial charge is 0.317 e. The molecule has 1 N–H and O–H groups in total. The summed E-state index contributed by atoms with van der Waals surface area (Å²) in [5.41, 5.74) is 1.75. The van der Waals surface area contributed by atoms with Gasteiger partial charge >= 0.3 is 6.03 Å². The van der Waals surface area contributed by atoms with Crippen molar-refractivity contribution in [1.29, 1.82) is 5.26 Å². The summed E-state index contributed by atoms with van der Waals surface area (Å²) in [6, 6.07) is 10.7. The molecule has 0 saturated carbocycles. The number of nitrogens with one attached hydrogen (secondary N) is 1. The van der Waals surface area contributed by atoms with Crippen molar-refractivity contribution in [3.63, 3.8) is 0 Å². The minimum Gasteiger partial charge on any atom is -0.338 e. The molecule has 2 atom stereocenters. The molecule has 1 aromatic rings. The second-order valence-corrected chi connectivity index (χ2v) is 6.80. The molecule has 24 heavy (non-hydrogen) atoms. The molecule has 2 fully saturated rings. The van der Waals surface area contributed by atoms with Gasteiger partial charge in [0.15, 0.2) is 0 Å². The van der Waals surface area contributed by atoms with Gasteiger partial charge in [-0.05, 0) is 49.9 Å². The van der Waals surface area contributed by atoms with Gasteiger partial charge in [0.05, 0.1) is 11.6 Å². The number of hydrogen-bond donors (Lipinski definition) is 1. The van der Waals surface area contributed by atoms with Crippen molar-refractivity contribution in [2.24, 2.45) is 0 Å². The molecule has 0 aromatic heterocycles. The van der Waals surface area contributed by atoms with Crippen LogP contribution in [0.5, 0.6) is 0 Å². The topological polar surface area (TPSA) is 59.4 Å². The van der Waals surface area contributed by atoms with Gasteiger partial charge in [0, 0.05) is 31.7 Å². The summed E-state index contributed by atoms with van der Waals surface area (Å²) >= 11 is 0. The lowest BCUT2D eigenvalue weighted by molar-refractivity contribution is 0.0713. The molecule has 5 nitrogen and oxygen atoms in total. The van der Waals surface area contributed by atoms with Crippen LogP contribution < -0.4 is 5.32 Å². The van der Waals surface area contributed by atoms with Crippen molar-refractivity contribution in [2.45, 2.75) is 44.7 Å². The first kappa shape index (κ1) is 16.8.